The zero-order valence-corrected chi connectivity index (χ0v) is 15.5. The molecule has 0 aliphatic carbocycles. The van der Waals surface area contributed by atoms with Gasteiger partial charge in [-0.3, -0.25) is 9.59 Å². The molecule has 1 unspecified atom stereocenters. The molecule has 0 saturated carbocycles. The van der Waals surface area contributed by atoms with Gasteiger partial charge in [-0.15, -0.1) is 0 Å². The van der Waals surface area contributed by atoms with Crippen molar-refractivity contribution >= 4 is 17.8 Å². The second-order valence-corrected chi connectivity index (χ2v) is 6.68. The molecule has 0 radical (unpaired) electrons. The third-order valence-electron chi connectivity index (χ3n) is 3.50. The molecule has 142 valence electrons. The topological polar surface area (TPSA) is 109 Å². The maximum Gasteiger partial charge on any atom is 0.340 e. The summed E-state index contributed by atoms with van der Waals surface area (Å²) in [5.41, 5.74) is -1.88. The van der Waals surface area contributed by atoms with Crippen LogP contribution in [0.2, 0.25) is 0 Å². The van der Waals surface area contributed by atoms with Crippen molar-refractivity contribution in [2.45, 2.75) is 46.2 Å². The van der Waals surface area contributed by atoms with E-state index >= 15 is 0 Å². The molecule has 1 aliphatic rings. The van der Waals surface area contributed by atoms with Gasteiger partial charge in [0, 0.05) is 17.7 Å². The van der Waals surface area contributed by atoms with Gasteiger partial charge in [-0.1, -0.05) is 0 Å². The minimum Gasteiger partial charge on any atom is -0.464 e. The van der Waals surface area contributed by atoms with Crippen molar-refractivity contribution in [3.8, 4) is 0 Å². The molecule has 1 aliphatic heterocycles. The van der Waals surface area contributed by atoms with E-state index in [9.17, 15) is 19.2 Å². The number of ether oxygens (including phenoxy) is 2. The van der Waals surface area contributed by atoms with Crippen LogP contribution in [0.3, 0.4) is 0 Å². The number of nitrogens with one attached hydrogen (secondary N) is 1. The van der Waals surface area contributed by atoms with E-state index in [-0.39, 0.29) is 24.6 Å². The molecule has 2 rings (SSSR count). The van der Waals surface area contributed by atoms with E-state index in [1.54, 1.807) is 13.8 Å². The van der Waals surface area contributed by atoms with Crippen LogP contribution in [-0.2, 0) is 19.1 Å². The van der Waals surface area contributed by atoms with Gasteiger partial charge in [-0.2, -0.15) is 4.68 Å². The number of aromatic nitrogens is 2. The van der Waals surface area contributed by atoms with E-state index < -0.39 is 34.6 Å². The fraction of sp³-hybridized carbons (Fsp3) is 0.529. The van der Waals surface area contributed by atoms with Crippen molar-refractivity contribution in [1.82, 2.24) is 14.7 Å². The highest BCUT2D eigenvalue weighted by atomic mass is 16.5. The van der Waals surface area contributed by atoms with Gasteiger partial charge in [-0.05, 0) is 34.6 Å². The molecular weight excluding hydrogens is 342 g/mol. The Morgan fingerprint density at radius 1 is 1.08 bits per heavy atom. The molecule has 1 aromatic rings. The first kappa shape index (κ1) is 19.5. The average molecular weight is 365 g/mol. The summed E-state index contributed by atoms with van der Waals surface area (Å²) in [7, 11) is 0. The smallest absolute Gasteiger partial charge is 0.340 e. The van der Waals surface area contributed by atoms with Gasteiger partial charge in [0.05, 0.1) is 13.2 Å². The molecule has 0 fully saturated rings. The lowest BCUT2D eigenvalue weighted by Crippen LogP contribution is -2.42. The maximum absolute atomic E-state index is 12.6. The normalized spacial score (nSPS) is 16.3. The number of hydrogen-bond acceptors (Lipinski definition) is 7. The first-order valence-electron chi connectivity index (χ1n) is 8.33. The molecule has 9 nitrogen and oxygen atoms in total. The Balaban J connectivity index is 2.83. The first-order chi connectivity index (χ1) is 12.1. The molecule has 1 aromatic heterocycles. The van der Waals surface area contributed by atoms with Crippen LogP contribution in [0.5, 0.6) is 0 Å². The SMILES string of the molecule is CCOC(=O)C1=C(NC(C)(C)C)n2c(=O)ccc(=O)n2C1C(=O)OCC. The third kappa shape index (κ3) is 3.56. The van der Waals surface area contributed by atoms with E-state index in [0.717, 1.165) is 21.5 Å². The lowest BCUT2D eigenvalue weighted by atomic mass is 10.1. The summed E-state index contributed by atoms with van der Waals surface area (Å²) < 4.78 is 12.0. The van der Waals surface area contributed by atoms with Crippen molar-refractivity contribution in [2.24, 2.45) is 0 Å². The largest absolute Gasteiger partial charge is 0.464 e. The fourth-order valence-corrected chi connectivity index (χ4v) is 2.65. The third-order valence-corrected chi connectivity index (χ3v) is 3.50. The van der Waals surface area contributed by atoms with Gasteiger partial charge in [0.1, 0.15) is 11.4 Å². The summed E-state index contributed by atoms with van der Waals surface area (Å²) >= 11 is 0. The molecule has 0 bridgehead atoms. The van der Waals surface area contributed by atoms with E-state index in [4.69, 9.17) is 9.47 Å². The Bertz CT molecular complexity index is 872. The molecule has 26 heavy (non-hydrogen) atoms. The predicted octanol–water partition coefficient (Wildman–Crippen LogP) is 0.248. The molecule has 0 amide bonds. The molecule has 1 N–H and O–H groups in total. The molecule has 1 atom stereocenters. The summed E-state index contributed by atoms with van der Waals surface area (Å²) in [6.45, 7) is 8.80. The summed E-state index contributed by atoms with van der Waals surface area (Å²) in [4.78, 5) is 50.0. The molecule has 2 heterocycles. The highest BCUT2D eigenvalue weighted by Gasteiger charge is 2.44. The van der Waals surface area contributed by atoms with E-state index in [1.807, 2.05) is 20.8 Å². The second kappa shape index (κ2) is 7.19. The quantitative estimate of drug-likeness (QED) is 0.745. The molecule has 9 heteroatoms. The summed E-state index contributed by atoms with van der Waals surface area (Å²) in [5, 5.41) is 3.03. The number of esters is 2. The summed E-state index contributed by atoms with van der Waals surface area (Å²) in [6.07, 6.45) is 0. The van der Waals surface area contributed by atoms with Crippen LogP contribution >= 0.6 is 0 Å². The fourth-order valence-electron chi connectivity index (χ4n) is 2.65. The minimum absolute atomic E-state index is 0.0386. The number of rotatable bonds is 5. The monoisotopic (exact) mass is 365 g/mol. The first-order valence-corrected chi connectivity index (χ1v) is 8.33. The highest BCUT2D eigenvalue weighted by molar-refractivity contribution is 6.02. The second-order valence-electron chi connectivity index (χ2n) is 6.68. The van der Waals surface area contributed by atoms with Crippen LogP contribution < -0.4 is 16.4 Å². The molecular formula is C17H23N3O6. The summed E-state index contributed by atoms with van der Waals surface area (Å²) in [5.74, 6) is -1.58. The van der Waals surface area contributed by atoms with E-state index in [1.165, 1.54) is 0 Å². The van der Waals surface area contributed by atoms with Gasteiger partial charge in [0.25, 0.3) is 11.1 Å². The standard InChI is InChI=1S/C17H23N3O6/c1-6-25-15(23)12-13(16(24)26-7-2)19-10(21)8-9-11(22)20(19)14(12)18-17(3,4)5/h8-9,13,18H,6-7H2,1-5H3. The minimum atomic E-state index is -1.40. The predicted molar refractivity (Wildman–Crippen MR) is 93.4 cm³/mol. The zero-order chi connectivity index (χ0) is 19.6. The van der Waals surface area contributed by atoms with Crippen molar-refractivity contribution in [3.05, 3.63) is 38.4 Å². The van der Waals surface area contributed by atoms with Gasteiger partial charge >= 0.3 is 11.9 Å². The van der Waals surface area contributed by atoms with Crippen molar-refractivity contribution in [1.29, 1.82) is 0 Å². The summed E-state index contributed by atoms with van der Waals surface area (Å²) in [6, 6.07) is 0.730. The van der Waals surface area contributed by atoms with Crippen molar-refractivity contribution in [3.63, 3.8) is 0 Å². The lowest BCUT2D eigenvalue weighted by Gasteiger charge is -2.24. The Hall–Kier alpha value is -2.84. The number of hydrogen-bond donors (Lipinski definition) is 1. The van der Waals surface area contributed by atoms with Gasteiger partial charge in [0.2, 0.25) is 0 Å². The number of carbonyl (C=O) groups is 2. The molecule has 0 aromatic carbocycles. The van der Waals surface area contributed by atoms with Crippen LogP contribution in [0, 0.1) is 0 Å². The van der Waals surface area contributed by atoms with Gasteiger partial charge < -0.3 is 14.8 Å². The van der Waals surface area contributed by atoms with Crippen molar-refractivity contribution < 1.29 is 19.1 Å². The maximum atomic E-state index is 12.6. The van der Waals surface area contributed by atoms with E-state index in [0.29, 0.717) is 0 Å². The van der Waals surface area contributed by atoms with Crippen LogP contribution in [0.25, 0.3) is 5.82 Å². The van der Waals surface area contributed by atoms with Crippen LogP contribution in [0.1, 0.15) is 40.7 Å². The Morgan fingerprint density at radius 3 is 2.19 bits per heavy atom. The van der Waals surface area contributed by atoms with Crippen LogP contribution in [0.4, 0.5) is 0 Å². The lowest BCUT2D eigenvalue weighted by molar-refractivity contribution is -0.149. The number of fused-ring (bicyclic) bond motifs is 1. The van der Waals surface area contributed by atoms with Crippen molar-refractivity contribution in [2.75, 3.05) is 13.2 Å². The number of nitrogens with zero attached hydrogens (tertiary/aromatic N) is 2. The molecule has 0 saturated heterocycles. The average Bonchev–Trinajstić information content (AvgIpc) is 2.86. The van der Waals surface area contributed by atoms with E-state index in [2.05, 4.69) is 5.32 Å². The zero-order valence-electron chi connectivity index (χ0n) is 15.5. The highest BCUT2D eigenvalue weighted by Crippen LogP contribution is 2.30. The Labute approximate surface area is 150 Å². The van der Waals surface area contributed by atoms with Crippen LogP contribution in [0.15, 0.2) is 27.3 Å². The Morgan fingerprint density at radius 2 is 1.65 bits per heavy atom. The number of carbonyl (C=O) groups excluding carboxylic acids is 2. The Kier molecular flexibility index (Phi) is 5.38. The molecule has 0 spiro atoms. The van der Waals surface area contributed by atoms with Gasteiger partial charge in [0.15, 0.2) is 6.04 Å². The van der Waals surface area contributed by atoms with Gasteiger partial charge in [-0.25, -0.2) is 14.3 Å². The van der Waals surface area contributed by atoms with Crippen LogP contribution in [-0.4, -0.2) is 40.1 Å².